The summed E-state index contributed by atoms with van der Waals surface area (Å²) in [6.07, 6.45) is -2.76. The first-order valence-electron chi connectivity index (χ1n) is 4.10. The van der Waals surface area contributed by atoms with Crippen LogP contribution in [0.1, 0.15) is 28.0 Å². The maximum absolute atomic E-state index is 12.4. The summed E-state index contributed by atoms with van der Waals surface area (Å²) >= 11 is 0. The number of nitrogens with two attached hydrogens (primary N) is 1. The number of halogens is 2. The van der Waals surface area contributed by atoms with Crippen LogP contribution in [-0.4, -0.2) is 18.1 Å². The van der Waals surface area contributed by atoms with Gasteiger partial charge in [-0.05, 0) is 13.0 Å². The van der Waals surface area contributed by atoms with Gasteiger partial charge in [0.15, 0.2) is 0 Å². The number of alkyl halides is 2. The summed E-state index contributed by atoms with van der Waals surface area (Å²) in [4.78, 5) is 14.8. The molecule has 0 bridgehead atoms. The Morgan fingerprint density at radius 1 is 1.60 bits per heavy atom. The van der Waals surface area contributed by atoms with E-state index in [0.717, 1.165) is 6.07 Å². The SMILES string of the molecule is COC(=O)c1cc(C(F)F)c(N)nc1C. The number of methoxy groups -OCH3 is 1. The largest absolute Gasteiger partial charge is 0.465 e. The first-order chi connectivity index (χ1) is 6.97. The third kappa shape index (κ3) is 2.20. The average molecular weight is 216 g/mol. The first kappa shape index (κ1) is 11.4. The van der Waals surface area contributed by atoms with Crippen LogP contribution in [-0.2, 0) is 4.74 Å². The third-order valence-corrected chi connectivity index (χ3v) is 1.91. The van der Waals surface area contributed by atoms with Crippen LogP contribution in [0, 0.1) is 6.92 Å². The van der Waals surface area contributed by atoms with Gasteiger partial charge < -0.3 is 10.5 Å². The second-order valence-electron chi connectivity index (χ2n) is 2.89. The highest BCUT2D eigenvalue weighted by molar-refractivity contribution is 5.91. The number of hydrogen-bond acceptors (Lipinski definition) is 4. The molecule has 4 nitrogen and oxygen atoms in total. The van der Waals surface area contributed by atoms with Gasteiger partial charge in [0.1, 0.15) is 5.82 Å². The summed E-state index contributed by atoms with van der Waals surface area (Å²) in [7, 11) is 1.17. The van der Waals surface area contributed by atoms with Crippen molar-refractivity contribution in [3.05, 3.63) is 22.9 Å². The molecule has 2 N–H and O–H groups in total. The lowest BCUT2D eigenvalue weighted by molar-refractivity contribution is 0.0599. The van der Waals surface area contributed by atoms with E-state index in [1.165, 1.54) is 14.0 Å². The number of pyridine rings is 1. The molecule has 0 atom stereocenters. The molecule has 0 unspecified atom stereocenters. The standard InChI is InChI=1S/C9H10F2N2O2/c1-4-5(9(14)15-2)3-6(7(10)11)8(12)13-4/h3,7H,1-2H3,(H2,12,13). The normalized spacial score (nSPS) is 10.5. The molecule has 1 aromatic rings. The molecule has 1 rings (SSSR count). The van der Waals surface area contributed by atoms with Crippen LogP contribution in [0.4, 0.5) is 14.6 Å². The van der Waals surface area contributed by atoms with Gasteiger partial charge in [0, 0.05) is 0 Å². The molecule has 15 heavy (non-hydrogen) atoms. The third-order valence-electron chi connectivity index (χ3n) is 1.91. The number of esters is 1. The van der Waals surface area contributed by atoms with Crippen molar-refractivity contribution in [1.29, 1.82) is 0 Å². The number of ether oxygens (including phenoxy) is 1. The lowest BCUT2D eigenvalue weighted by Crippen LogP contribution is -2.09. The van der Waals surface area contributed by atoms with E-state index < -0.39 is 18.0 Å². The Morgan fingerprint density at radius 3 is 2.67 bits per heavy atom. The van der Waals surface area contributed by atoms with Crippen molar-refractivity contribution < 1.29 is 18.3 Å². The van der Waals surface area contributed by atoms with E-state index in [-0.39, 0.29) is 17.1 Å². The monoisotopic (exact) mass is 216 g/mol. The van der Waals surface area contributed by atoms with Crippen LogP contribution in [0.2, 0.25) is 0 Å². The Hall–Kier alpha value is -1.72. The highest BCUT2D eigenvalue weighted by atomic mass is 19.3. The highest BCUT2D eigenvalue weighted by Gasteiger charge is 2.18. The molecule has 0 fully saturated rings. The number of nitrogens with zero attached hydrogens (tertiary/aromatic N) is 1. The first-order valence-corrected chi connectivity index (χ1v) is 4.10. The number of aryl methyl sites for hydroxylation is 1. The van der Waals surface area contributed by atoms with E-state index in [9.17, 15) is 13.6 Å². The van der Waals surface area contributed by atoms with E-state index in [4.69, 9.17) is 5.73 Å². The Morgan fingerprint density at radius 2 is 2.20 bits per heavy atom. The topological polar surface area (TPSA) is 65.2 Å². The van der Waals surface area contributed by atoms with Gasteiger partial charge in [0.2, 0.25) is 0 Å². The van der Waals surface area contributed by atoms with Gasteiger partial charge in [0.25, 0.3) is 6.43 Å². The van der Waals surface area contributed by atoms with E-state index >= 15 is 0 Å². The van der Waals surface area contributed by atoms with Crippen molar-refractivity contribution in [2.45, 2.75) is 13.3 Å². The highest BCUT2D eigenvalue weighted by Crippen LogP contribution is 2.25. The van der Waals surface area contributed by atoms with Gasteiger partial charge >= 0.3 is 5.97 Å². The molecule has 1 aromatic heterocycles. The molecule has 0 amide bonds. The molecule has 0 saturated heterocycles. The fraction of sp³-hybridized carbons (Fsp3) is 0.333. The zero-order valence-electron chi connectivity index (χ0n) is 8.25. The van der Waals surface area contributed by atoms with Crippen LogP contribution in [0.5, 0.6) is 0 Å². The maximum Gasteiger partial charge on any atom is 0.339 e. The summed E-state index contributed by atoms with van der Waals surface area (Å²) < 4.78 is 29.3. The van der Waals surface area contributed by atoms with Gasteiger partial charge in [-0.1, -0.05) is 0 Å². The van der Waals surface area contributed by atoms with Crippen molar-refractivity contribution in [3.8, 4) is 0 Å². The minimum Gasteiger partial charge on any atom is -0.465 e. The second-order valence-corrected chi connectivity index (χ2v) is 2.89. The van der Waals surface area contributed by atoms with E-state index in [0.29, 0.717) is 0 Å². The summed E-state index contributed by atoms with van der Waals surface area (Å²) in [6.45, 7) is 1.50. The summed E-state index contributed by atoms with van der Waals surface area (Å²) in [6, 6.07) is 1.01. The van der Waals surface area contributed by atoms with Crippen LogP contribution >= 0.6 is 0 Å². The fourth-order valence-corrected chi connectivity index (χ4v) is 1.13. The Kier molecular flexibility index (Phi) is 3.18. The zero-order valence-corrected chi connectivity index (χ0v) is 8.25. The van der Waals surface area contributed by atoms with Gasteiger partial charge in [-0.2, -0.15) is 0 Å². The van der Waals surface area contributed by atoms with Gasteiger partial charge in [0.05, 0.1) is 23.9 Å². The minimum atomic E-state index is -2.76. The Labute approximate surface area is 85.1 Å². The number of rotatable bonds is 2. The van der Waals surface area contributed by atoms with E-state index in [1.807, 2.05) is 0 Å². The molecule has 0 spiro atoms. The van der Waals surface area contributed by atoms with Crippen LogP contribution in [0.3, 0.4) is 0 Å². The molecule has 0 aromatic carbocycles. The van der Waals surface area contributed by atoms with Crippen molar-refractivity contribution >= 4 is 11.8 Å². The quantitative estimate of drug-likeness (QED) is 0.764. The number of nitrogen functional groups attached to an aromatic ring is 1. The van der Waals surface area contributed by atoms with E-state index in [1.54, 1.807) is 0 Å². The predicted octanol–water partition coefficient (Wildman–Crippen LogP) is 1.70. The average Bonchev–Trinajstić information content (AvgIpc) is 2.16. The van der Waals surface area contributed by atoms with E-state index in [2.05, 4.69) is 9.72 Å². The number of carbonyl (C=O) groups is 1. The van der Waals surface area contributed by atoms with Gasteiger partial charge in [-0.3, -0.25) is 0 Å². The molecular formula is C9H10F2N2O2. The smallest absolute Gasteiger partial charge is 0.339 e. The minimum absolute atomic E-state index is 0.00185. The van der Waals surface area contributed by atoms with Crippen molar-refractivity contribution in [2.24, 2.45) is 0 Å². The summed E-state index contributed by atoms with van der Waals surface area (Å²) in [5, 5.41) is 0. The lowest BCUT2D eigenvalue weighted by atomic mass is 10.1. The maximum atomic E-state index is 12.4. The number of anilines is 1. The fourth-order valence-electron chi connectivity index (χ4n) is 1.13. The Balaban J connectivity index is 3.29. The van der Waals surface area contributed by atoms with Gasteiger partial charge in [-0.25, -0.2) is 18.6 Å². The molecule has 0 radical (unpaired) electrons. The predicted molar refractivity (Wildman–Crippen MR) is 49.7 cm³/mol. The molecule has 82 valence electrons. The number of aromatic nitrogens is 1. The molecule has 1 heterocycles. The van der Waals surface area contributed by atoms with Gasteiger partial charge in [-0.15, -0.1) is 0 Å². The van der Waals surface area contributed by atoms with Crippen LogP contribution < -0.4 is 5.73 Å². The molecule has 0 saturated carbocycles. The molecule has 0 aliphatic heterocycles. The Bertz CT molecular complexity index is 394. The molecule has 6 heteroatoms. The number of hydrogen-bond donors (Lipinski definition) is 1. The van der Waals surface area contributed by atoms with Crippen LogP contribution in [0.15, 0.2) is 6.07 Å². The molecular weight excluding hydrogens is 206 g/mol. The summed E-state index contributed by atoms with van der Waals surface area (Å²) in [5.41, 5.74) is 5.10. The second kappa shape index (κ2) is 4.20. The molecule has 0 aliphatic rings. The van der Waals surface area contributed by atoms with Crippen molar-refractivity contribution in [3.63, 3.8) is 0 Å². The zero-order chi connectivity index (χ0) is 11.6. The van der Waals surface area contributed by atoms with Crippen LogP contribution in [0.25, 0.3) is 0 Å². The molecule has 0 aliphatic carbocycles. The lowest BCUT2D eigenvalue weighted by Gasteiger charge is -2.08. The van der Waals surface area contributed by atoms with Crippen molar-refractivity contribution in [2.75, 3.05) is 12.8 Å². The number of carbonyl (C=O) groups excluding carboxylic acids is 1. The van der Waals surface area contributed by atoms with Crippen molar-refractivity contribution in [1.82, 2.24) is 4.98 Å². The summed E-state index contributed by atoms with van der Waals surface area (Å²) in [5.74, 6) is -0.975.